The van der Waals surface area contributed by atoms with Crippen LogP contribution in [-0.2, 0) is 4.79 Å². The Balaban J connectivity index is 1.58. The normalized spacial score (nSPS) is 10.7. The number of anilines is 1. The van der Waals surface area contributed by atoms with E-state index in [1.165, 1.54) is 4.57 Å². The predicted octanol–water partition coefficient (Wildman–Crippen LogP) is 8.16. The van der Waals surface area contributed by atoms with Crippen molar-refractivity contribution in [3.63, 3.8) is 0 Å². The summed E-state index contributed by atoms with van der Waals surface area (Å²) in [4.78, 5) is 39.3. The molecule has 1 heterocycles. The minimum Gasteiger partial charge on any atom is -0.423 e. The Morgan fingerprint density at radius 2 is 1.46 bits per heavy atom. The molecule has 0 aliphatic heterocycles. The zero-order valence-corrected chi connectivity index (χ0v) is 24.3. The third-order valence-electron chi connectivity index (χ3n) is 6.41. The van der Waals surface area contributed by atoms with Crippen molar-refractivity contribution in [3.8, 4) is 33.7 Å². The average Bonchev–Trinajstić information content (AvgIpc) is 3.00. The van der Waals surface area contributed by atoms with Gasteiger partial charge in [-0.2, -0.15) is 0 Å². The van der Waals surface area contributed by atoms with Gasteiger partial charge in [0.15, 0.2) is 5.75 Å². The number of hydrogen-bond donors (Lipinski definition) is 1. The van der Waals surface area contributed by atoms with Crippen molar-refractivity contribution in [2.45, 2.75) is 13.3 Å². The number of hydrogen-bond acceptors (Lipinski definition) is 4. The van der Waals surface area contributed by atoms with E-state index in [0.717, 1.165) is 21.2 Å². The predicted molar refractivity (Wildman–Crippen MR) is 166 cm³/mol. The molecule has 4 aromatic carbocycles. The van der Waals surface area contributed by atoms with Gasteiger partial charge in [-0.3, -0.25) is 19.0 Å². The Bertz CT molecular complexity index is 1780. The van der Waals surface area contributed by atoms with Crippen molar-refractivity contribution in [2.24, 2.45) is 0 Å². The van der Waals surface area contributed by atoms with E-state index in [4.69, 9.17) is 16.3 Å². The van der Waals surface area contributed by atoms with Gasteiger partial charge in [0, 0.05) is 28.2 Å². The molecule has 0 bridgehead atoms. The van der Waals surface area contributed by atoms with Gasteiger partial charge in [0.2, 0.25) is 0 Å². The lowest BCUT2D eigenvalue weighted by atomic mass is 10.0. The molecule has 1 N–H and O–H groups in total. The van der Waals surface area contributed by atoms with Crippen LogP contribution in [0.5, 0.6) is 5.75 Å². The van der Waals surface area contributed by atoms with Gasteiger partial charge in [-0.15, -0.1) is 0 Å². The Labute approximate surface area is 250 Å². The third-order valence-corrected chi connectivity index (χ3v) is 7.23. The van der Waals surface area contributed by atoms with E-state index in [9.17, 15) is 14.4 Å². The standard InChI is InChI=1S/C33H24BrClN2O4/c1-2-30(38)41-31-27(35)9-6-10-29(31)37-20-25(23-15-17-26(34)18-16-23)19-28(33(37)40)36-32(39)24-13-11-22(12-14-24)21-7-4-3-5-8-21/h3-20H,2H2,1H3,(H,36,39). The molecule has 0 spiro atoms. The SMILES string of the molecule is CCC(=O)Oc1c(Cl)cccc1-n1cc(-c2ccc(Br)cc2)cc(NC(=O)c2ccc(-c3ccccc3)cc2)c1=O. The first-order valence-corrected chi connectivity index (χ1v) is 14.0. The summed E-state index contributed by atoms with van der Waals surface area (Å²) in [6.45, 7) is 1.67. The number of rotatable bonds is 7. The Morgan fingerprint density at radius 3 is 2.15 bits per heavy atom. The van der Waals surface area contributed by atoms with Gasteiger partial charge in [-0.1, -0.05) is 95.1 Å². The lowest BCUT2D eigenvalue weighted by Gasteiger charge is -2.16. The van der Waals surface area contributed by atoms with Crippen LogP contribution in [0.3, 0.4) is 0 Å². The molecular weight excluding hydrogens is 604 g/mol. The molecule has 1 amide bonds. The van der Waals surface area contributed by atoms with Crippen molar-refractivity contribution >= 4 is 45.1 Å². The van der Waals surface area contributed by atoms with E-state index < -0.39 is 17.4 Å². The van der Waals surface area contributed by atoms with Gasteiger partial charge in [0.25, 0.3) is 11.5 Å². The maximum atomic E-state index is 13.8. The summed E-state index contributed by atoms with van der Waals surface area (Å²) in [5.74, 6) is -0.876. The zero-order chi connectivity index (χ0) is 28.9. The van der Waals surface area contributed by atoms with Crippen LogP contribution in [0.2, 0.25) is 5.02 Å². The summed E-state index contributed by atoms with van der Waals surface area (Å²) in [5, 5.41) is 2.96. The fourth-order valence-electron chi connectivity index (χ4n) is 4.26. The lowest BCUT2D eigenvalue weighted by Crippen LogP contribution is -2.25. The maximum Gasteiger partial charge on any atom is 0.311 e. The van der Waals surface area contributed by atoms with Crippen LogP contribution >= 0.6 is 27.5 Å². The number of ether oxygens (including phenoxy) is 1. The van der Waals surface area contributed by atoms with Crippen molar-refractivity contribution < 1.29 is 14.3 Å². The van der Waals surface area contributed by atoms with Crippen LogP contribution < -0.4 is 15.6 Å². The van der Waals surface area contributed by atoms with E-state index in [1.807, 2.05) is 66.7 Å². The molecule has 6 nitrogen and oxygen atoms in total. The van der Waals surface area contributed by atoms with Crippen LogP contribution in [0.1, 0.15) is 23.7 Å². The first-order valence-electron chi connectivity index (χ1n) is 12.8. The summed E-state index contributed by atoms with van der Waals surface area (Å²) in [5.41, 5.74) is 3.66. The fourth-order valence-corrected chi connectivity index (χ4v) is 4.74. The van der Waals surface area contributed by atoms with Crippen molar-refractivity contribution in [1.82, 2.24) is 4.57 Å². The summed E-state index contributed by atoms with van der Waals surface area (Å²) in [7, 11) is 0. The van der Waals surface area contributed by atoms with Crippen LogP contribution in [0.15, 0.2) is 119 Å². The van der Waals surface area contributed by atoms with E-state index >= 15 is 0 Å². The Hall–Kier alpha value is -4.46. The van der Waals surface area contributed by atoms with Gasteiger partial charge in [0.1, 0.15) is 5.69 Å². The van der Waals surface area contributed by atoms with E-state index in [-0.39, 0.29) is 28.6 Å². The highest BCUT2D eigenvalue weighted by Gasteiger charge is 2.19. The second kappa shape index (κ2) is 12.4. The highest BCUT2D eigenvalue weighted by molar-refractivity contribution is 9.10. The molecule has 0 aliphatic carbocycles. The number of halogens is 2. The molecule has 41 heavy (non-hydrogen) atoms. The van der Waals surface area contributed by atoms with E-state index in [2.05, 4.69) is 21.2 Å². The van der Waals surface area contributed by atoms with Gasteiger partial charge in [-0.05, 0) is 59.2 Å². The highest BCUT2D eigenvalue weighted by atomic mass is 79.9. The maximum absolute atomic E-state index is 13.8. The van der Waals surface area contributed by atoms with Crippen molar-refractivity contribution in [1.29, 1.82) is 0 Å². The van der Waals surface area contributed by atoms with Gasteiger partial charge >= 0.3 is 5.97 Å². The number of nitrogens with zero attached hydrogens (tertiary/aromatic N) is 1. The topological polar surface area (TPSA) is 77.4 Å². The summed E-state index contributed by atoms with van der Waals surface area (Å²) >= 11 is 9.85. The average molecular weight is 628 g/mol. The summed E-state index contributed by atoms with van der Waals surface area (Å²) < 4.78 is 7.73. The minimum atomic E-state index is -0.517. The molecule has 0 aliphatic rings. The van der Waals surface area contributed by atoms with E-state index in [0.29, 0.717) is 11.1 Å². The second-order valence-electron chi connectivity index (χ2n) is 9.14. The number of esters is 1. The Morgan fingerprint density at radius 1 is 0.829 bits per heavy atom. The third kappa shape index (κ3) is 6.32. The number of carbonyl (C=O) groups is 2. The van der Waals surface area contributed by atoms with Crippen LogP contribution in [0, 0.1) is 0 Å². The molecule has 8 heteroatoms. The van der Waals surface area contributed by atoms with Gasteiger partial charge in [0.05, 0.1) is 10.7 Å². The van der Waals surface area contributed by atoms with Crippen LogP contribution in [0.25, 0.3) is 27.9 Å². The number of amides is 1. The van der Waals surface area contributed by atoms with Gasteiger partial charge in [-0.25, -0.2) is 0 Å². The van der Waals surface area contributed by atoms with Gasteiger partial charge < -0.3 is 10.1 Å². The molecule has 0 fully saturated rings. The molecule has 0 saturated carbocycles. The summed E-state index contributed by atoms with van der Waals surface area (Å²) in [6, 6.07) is 31.0. The molecule has 5 rings (SSSR count). The second-order valence-corrected chi connectivity index (χ2v) is 10.5. The Kier molecular flexibility index (Phi) is 8.47. The molecule has 1 aromatic heterocycles. The fraction of sp³-hybridized carbons (Fsp3) is 0.0606. The van der Waals surface area contributed by atoms with Crippen LogP contribution in [0.4, 0.5) is 5.69 Å². The summed E-state index contributed by atoms with van der Waals surface area (Å²) in [6.07, 6.45) is 1.76. The van der Waals surface area contributed by atoms with E-state index in [1.54, 1.807) is 49.5 Å². The number of nitrogens with one attached hydrogen (secondary N) is 1. The number of para-hydroxylation sites is 1. The number of aromatic nitrogens is 1. The monoisotopic (exact) mass is 626 g/mol. The lowest BCUT2D eigenvalue weighted by molar-refractivity contribution is -0.134. The molecule has 0 radical (unpaired) electrons. The van der Waals surface area contributed by atoms with Crippen LogP contribution in [-0.4, -0.2) is 16.4 Å². The first kappa shape index (κ1) is 28.1. The molecular formula is C33H24BrClN2O4. The number of carbonyl (C=O) groups excluding carboxylic acids is 2. The largest absolute Gasteiger partial charge is 0.423 e. The molecule has 5 aromatic rings. The van der Waals surface area contributed by atoms with Crippen molar-refractivity contribution in [2.75, 3.05) is 5.32 Å². The quantitative estimate of drug-likeness (QED) is 0.146. The van der Waals surface area contributed by atoms with Crippen molar-refractivity contribution in [3.05, 3.63) is 135 Å². The molecule has 0 saturated heterocycles. The minimum absolute atomic E-state index is 0.0512. The smallest absolute Gasteiger partial charge is 0.311 e. The molecule has 204 valence electrons. The molecule has 0 unspecified atom stereocenters. The number of pyridine rings is 1. The molecule has 0 atom stereocenters. The first-order chi connectivity index (χ1) is 19.8. The zero-order valence-electron chi connectivity index (χ0n) is 21.9. The highest BCUT2D eigenvalue weighted by Crippen LogP contribution is 2.33. The number of benzene rings is 4.